The number of Topliss-reactive ketones (excluding diaryl/α,β-unsaturated/α-hetero) is 6. The Bertz CT molecular complexity index is 2650. The summed E-state index contributed by atoms with van der Waals surface area (Å²) in [6.45, 7) is 9.14. The molecule has 2 fully saturated rings. The number of ketones is 6. The van der Waals surface area contributed by atoms with Crippen LogP contribution in [0.1, 0.15) is 91.5 Å². The fourth-order valence-corrected chi connectivity index (χ4v) is 12.3. The second kappa shape index (κ2) is 47.7. The summed E-state index contributed by atoms with van der Waals surface area (Å²) in [4.78, 5) is 176. The molecule has 2 heterocycles. The second-order valence-corrected chi connectivity index (χ2v) is 25.5. The van der Waals surface area contributed by atoms with E-state index in [0.29, 0.717) is 38.5 Å². The van der Waals surface area contributed by atoms with Crippen LogP contribution in [0.3, 0.4) is 0 Å². The first-order valence-corrected chi connectivity index (χ1v) is 34.7. The predicted molar refractivity (Wildman–Crippen MR) is 349 cm³/mol. The van der Waals surface area contributed by atoms with Gasteiger partial charge in [-0.05, 0) is 58.2 Å². The summed E-state index contributed by atoms with van der Waals surface area (Å²) in [5.41, 5.74) is -1.06. The molecule has 2 aliphatic heterocycles. The van der Waals surface area contributed by atoms with Gasteiger partial charge in [0, 0.05) is 82.7 Å². The maximum Gasteiger partial charge on any atom is 0.250 e. The molecule has 2 atom stereocenters. The lowest BCUT2D eigenvalue weighted by molar-refractivity contribution is -0.154. The molecule has 0 saturated carbocycles. The van der Waals surface area contributed by atoms with Crippen LogP contribution in [0.25, 0.3) is 0 Å². The van der Waals surface area contributed by atoms with E-state index in [0.717, 1.165) is 55.8 Å². The smallest absolute Gasteiger partial charge is 0.250 e. The lowest BCUT2D eigenvalue weighted by atomic mass is 9.72. The van der Waals surface area contributed by atoms with Crippen LogP contribution in [0.5, 0.6) is 0 Å². The van der Waals surface area contributed by atoms with E-state index >= 15 is 0 Å². The largest absolute Gasteiger partial charge is 0.379 e. The normalized spacial score (nSPS) is 14.4. The van der Waals surface area contributed by atoms with Crippen molar-refractivity contribution in [3.8, 4) is 0 Å². The first-order valence-electron chi connectivity index (χ1n) is 31.5. The second-order valence-electron chi connectivity index (χ2n) is 21.5. The molecule has 2 aliphatic rings. The van der Waals surface area contributed by atoms with Crippen molar-refractivity contribution in [1.82, 2.24) is 31.5 Å². The Kier molecular flexibility index (Phi) is 41.8. The number of amides is 8. The van der Waals surface area contributed by atoms with Crippen LogP contribution in [0.15, 0.2) is 24.3 Å². The molecule has 1 aromatic rings. The van der Waals surface area contributed by atoms with Crippen LogP contribution in [0.2, 0.25) is 0 Å². The van der Waals surface area contributed by atoms with E-state index in [1.165, 1.54) is 28.5 Å². The van der Waals surface area contributed by atoms with E-state index in [9.17, 15) is 67.1 Å². The lowest BCUT2D eigenvalue weighted by Gasteiger charge is -2.23. The standard InChI is InChI=1S/C62H93N7O23S3/c1-6-7-18-63-54(77)14-19-64-53(76)13-10-47-8-11-48(12-9-47)67-56(79)40-92-41-57(80)68-49(59(82)66-21-26-87-30-34-91-38-35-88-31-27-84-23-16-51(74)61(43(2)70,44(3)71)45(4)72)42-93-50-39-58(81)69(60(50)83)22-15-55(78)65-20-25-86-29-33-90-37-36-89-32-28-85-24-17-52(75)62(46(5)73)94-95-62/h8-9,11-12,49-50H,6-7,10,13-42H2,1-5H3,(H,63,77)(H,64,76)(H,65,78)(H,66,82)(H,67,79)(H,68,80). The summed E-state index contributed by atoms with van der Waals surface area (Å²) < 4.78 is 48.1. The predicted octanol–water partition coefficient (Wildman–Crippen LogP) is 0.450. The summed E-state index contributed by atoms with van der Waals surface area (Å²) in [5.74, 6) is -7.61. The van der Waals surface area contributed by atoms with Crippen LogP contribution in [0.4, 0.5) is 5.69 Å². The molecule has 1 aromatic carbocycles. The van der Waals surface area contributed by atoms with E-state index in [1.807, 2.05) is 6.92 Å². The third-order valence-electron chi connectivity index (χ3n) is 14.1. The maximum absolute atomic E-state index is 13.5. The van der Waals surface area contributed by atoms with Crippen LogP contribution >= 0.6 is 33.3 Å². The molecule has 33 heteroatoms. The number of rotatable bonds is 58. The fourth-order valence-electron chi connectivity index (χ4n) is 8.91. The zero-order valence-corrected chi connectivity index (χ0v) is 57.3. The first kappa shape index (κ1) is 83.1. The van der Waals surface area contributed by atoms with Crippen LogP contribution in [-0.2, 0) is 116 Å². The van der Waals surface area contributed by atoms with Gasteiger partial charge in [-0.1, -0.05) is 47.1 Å². The molecule has 6 N–H and O–H groups in total. The molecule has 2 saturated heterocycles. The molecule has 0 spiro atoms. The van der Waals surface area contributed by atoms with Gasteiger partial charge >= 0.3 is 0 Å². The number of carbonyl (C=O) groups excluding carboxylic acids is 14. The summed E-state index contributed by atoms with van der Waals surface area (Å²) in [6, 6.07) is 5.53. The van der Waals surface area contributed by atoms with Gasteiger partial charge in [0.05, 0.1) is 111 Å². The Morgan fingerprint density at radius 2 is 1.02 bits per heavy atom. The van der Waals surface area contributed by atoms with Gasteiger partial charge in [0.1, 0.15) is 19.3 Å². The van der Waals surface area contributed by atoms with Gasteiger partial charge in [-0.3, -0.25) is 72.0 Å². The highest BCUT2D eigenvalue weighted by Crippen LogP contribution is 2.66. The molecule has 8 amide bonds. The fraction of sp³-hybridized carbons (Fsp3) is 0.677. The molecular formula is C62H93N7O23S3. The topological polar surface area (TPSA) is 397 Å². The van der Waals surface area contributed by atoms with E-state index in [2.05, 4.69) is 31.9 Å². The molecule has 2 unspecified atom stereocenters. The molecule has 532 valence electrons. The number of nitrogens with one attached hydrogen (secondary N) is 6. The van der Waals surface area contributed by atoms with Gasteiger partial charge in [0.15, 0.2) is 38.8 Å². The molecule has 0 aliphatic carbocycles. The molecule has 30 nitrogen and oxygen atoms in total. The number of hydrogen-bond acceptors (Lipinski definition) is 26. The molecule has 0 radical (unpaired) electrons. The summed E-state index contributed by atoms with van der Waals surface area (Å²) in [7, 11) is 2.54. The monoisotopic (exact) mass is 1400 g/mol. The zero-order valence-electron chi connectivity index (χ0n) is 54.9. The van der Waals surface area contributed by atoms with Crippen LogP contribution < -0.4 is 31.9 Å². The Morgan fingerprint density at radius 3 is 1.55 bits per heavy atom. The van der Waals surface area contributed by atoms with Crippen molar-refractivity contribution in [2.24, 2.45) is 5.41 Å². The number of unbranched alkanes of at least 4 members (excludes halogenated alkanes) is 1. The van der Waals surface area contributed by atoms with E-state index in [1.54, 1.807) is 24.3 Å². The number of thioether (sulfide) groups is 1. The molecule has 0 aromatic heterocycles. The van der Waals surface area contributed by atoms with Crippen molar-refractivity contribution in [3.05, 3.63) is 29.8 Å². The van der Waals surface area contributed by atoms with Gasteiger partial charge < -0.3 is 74.5 Å². The average molecular weight is 1400 g/mol. The van der Waals surface area contributed by atoms with E-state index in [4.69, 9.17) is 42.6 Å². The van der Waals surface area contributed by atoms with Crippen molar-refractivity contribution >= 4 is 121 Å². The quantitative estimate of drug-likeness (QED) is 0.0169. The van der Waals surface area contributed by atoms with Crippen molar-refractivity contribution in [1.29, 1.82) is 0 Å². The third-order valence-corrected chi connectivity index (χ3v) is 18.5. The number of benzene rings is 1. The Hall–Kier alpha value is -6.11. The molecule has 0 bridgehead atoms. The highest BCUT2D eigenvalue weighted by molar-refractivity contribution is 8.94. The Morgan fingerprint density at radius 1 is 0.547 bits per heavy atom. The van der Waals surface area contributed by atoms with Gasteiger partial charge in [-0.15, -0.1) is 11.8 Å². The lowest BCUT2D eigenvalue weighted by Crippen LogP contribution is -2.50. The third kappa shape index (κ3) is 32.7. The van der Waals surface area contributed by atoms with E-state index in [-0.39, 0.29) is 180 Å². The van der Waals surface area contributed by atoms with Crippen molar-refractivity contribution < 1.29 is 110 Å². The van der Waals surface area contributed by atoms with E-state index < -0.39 is 92.6 Å². The number of imide groups is 1. The van der Waals surface area contributed by atoms with Gasteiger partial charge in [0.2, 0.25) is 52.7 Å². The van der Waals surface area contributed by atoms with Gasteiger partial charge in [-0.25, -0.2) is 0 Å². The summed E-state index contributed by atoms with van der Waals surface area (Å²) >= 11 is 0.965. The Balaban J connectivity index is 1.36. The summed E-state index contributed by atoms with van der Waals surface area (Å²) in [6.07, 6.45) is 2.11. The minimum Gasteiger partial charge on any atom is -0.379 e. The first-order chi connectivity index (χ1) is 45.6. The minimum absolute atomic E-state index is 0.00147. The Labute approximate surface area is 565 Å². The molecule has 95 heavy (non-hydrogen) atoms. The number of nitrogens with zero attached hydrogens (tertiary/aromatic N) is 1. The van der Waals surface area contributed by atoms with Crippen molar-refractivity contribution in [2.75, 3.05) is 163 Å². The van der Waals surface area contributed by atoms with Crippen molar-refractivity contribution in [2.45, 2.75) is 108 Å². The average Bonchev–Trinajstić information content (AvgIpc) is 1.74. The highest BCUT2D eigenvalue weighted by atomic mass is 33.2. The van der Waals surface area contributed by atoms with Crippen LogP contribution in [0, 0.1) is 5.41 Å². The molecule has 3 rings (SSSR count). The van der Waals surface area contributed by atoms with Gasteiger partial charge in [-0.2, -0.15) is 0 Å². The van der Waals surface area contributed by atoms with Crippen molar-refractivity contribution in [3.63, 3.8) is 0 Å². The number of ether oxygens (including phenoxy) is 9. The van der Waals surface area contributed by atoms with Crippen LogP contribution in [-0.4, -0.2) is 260 Å². The number of hydrogen-bond donors (Lipinski definition) is 6. The van der Waals surface area contributed by atoms with Gasteiger partial charge in [0.25, 0.3) is 0 Å². The minimum atomic E-state index is -2.32. The number of anilines is 1. The number of carbonyl (C=O) groups is 14. The summed E-state index contributed by atoms with van der Waals surface area (Å²) in [5, 5.41) is 15.2. The highest BCUT2D eigenvalue weighted by Gasteiger charge is 2.57. The molecular weight excluding hydrogens is 1310 g/mol. The SMILES string of the molecule is CCCCNC(=O)CCNC(=O)CCc1ccc(NC(=O)COCC(=O)NC(CSC2CC(=O)N(CCC(=O)NCCOCCOCCOCCOCCC(=O)C3(C(C)=O)SS3)C2=O)C(=O)NCCOCCOCCOCCOCCC(=O)C(C(C)=O)(C(C)=O)C(C)=O)cc1. The zero-order chi connectivity index (χ0) is 69.9. The maximum atomic E-state index is 13.5. The number of aryl methyl sites for hydroxylation is 1. The number of likely N-dealkylation sites (tertiary alicyclic amines) is 1.